The molecule has 0 saturated carbocycles. The first-order chi connectivity index (χ1) is 24.5. The molecule has 28 nitrogen and oxygen atoms in total. The molecule has 0 aromatic rings. The van der Waals surface area contributed by atoms with Gasteiger partial charge in [-0.1, -0.05) is 22.3 Å². The molecule has 0 spiro atoms. The van der Waals surface area contributed by atoms with Gasteiger partial charge >= 0.3 is 22.3 Å². The molecule has 0 radical (unpaired) electrons. The number of hydrogen-bond acceptors (Lipinski definition) is 28. The number of phosphoric acid groups is 8. The molecule has 59 heavy (non-hydrogen) atoms. The van der Waals surface area contributed by atoms with E-state index in [1.54, 1.807) is 27.7 Å². The van der Waals surface area contributed by atoms with Crippen LogP contribution in [0, 0.1) is 22.3 Å². The van der Waals surface area contributed by atoms with Crippen LogP contribution in [0.5, 0.6) is 0 Å². The number of rotatable bonds is 24. The maximum absolute atomic E-state index is 10.6. The monoisotopic (exact) mass is 1010 g/mol. The SMILES string of the molecule is C=C(C)CCOP(=O)([O-])OP(=O)([O-])[O-].C=C(C)CCOP(=O)([O-])OP(=O)([O-])[O-].C=C(C)CCOP(=O)([O-])OP(=O)([O-])[O-].C=C(C)CCOP(=O)([O-])OP(=O)([O-])[O-].[C+4].[C+4].[C+4]. The van der Waals surface area contributed by atoms with Crippen molar-refractivity contribution in [1.29, 1.82) is 0 Å². The van der Waals surface area contributed by atoms with Gasteiger partial charge in [-0.2, -0.15) is 0 Å². The van der Waals surface area contributed by atoms with Crippen molar-refractivity contribution in [3.8, 4) is 0 Å². The van der Waals surface area contributed by atoms with Crippen molar-refractivity contribution in [3.05, 3.63) is 70.9 Å². The second-order valence-corrected chi connectivity index (χ2v) is 20.9. The first-order valence-corrected chi connectivity index (χ1v) is 25.5. The fourth-order valence-electron chi connectivity index (χ4n) is 1.91. The van der Waals surface area contributed by atoms with Gasteiger partial charge in [-0.25, -0.2) is 0 Å². The van der Waals surface area contributed by atoms with E-state index in [2.05, 4.69) is 61.7 Å². The molecule has 0 bridgehead atoms. The van der Waals surface area contributed by atoms with Crippen molar-refractivity contribution in [1.82, 2.24) is 0 Å². The summed E-state index contributed by atoms with van der Waals surface area (Å²) in [6.07, 6.45) is 0.879. The molecule has 0 saturated heterocycles. The molecule has 0 rings (SSSR count). The van der Waals surface area contributed by atoms with Gasteiger partial charge in [-0.15, -0.1) is 26.3 Å². The molecule has 0 aromatic heterocycles. The molecule has 36 heteroatoms. The Morgan fingerprint density at radius 3 is 0.542 bits per heavy atom. The molecular formula is C23H36O28P8. The van der Waals surface area contributed by atoms with Gasteiger partial charge in [0.2, 0.25) is 0 Å². The third-order valence-corrected chi connectivity index (χ3v) is 12.3. The molecule has 0 aromatic carbocycles. The van der Waals surface area contributed by atoms with E-state index < -0.39 is 62.6 Å². The molecule has 4 unspecified atom stereocenters. The minimum absolute atomic E-state index is 0. The minimum Gasteiger partial charge on any atom is -0.790 e. The summed E-state index contributed by atoms with van der Waals surface area (Å²) in [5.41, 5.74) is 2.60. The zero-order valence-electron chi connectivity index (χ0n) is 31.0. The largest absolute Gasteiger partial charge is 4.00 e. The van der Waals surface area contributed by atoms with Crippen LogP contribution in [-0.2, 0) is 71.9 Å². The summed E-state index contributed by atoms with van der Waals surface area (Å²) in [5, 5.41) is 0. The fourth-order valence-corrected chi connectivity index (χ4v) is 7.84. The third-order valence-electron chi connectivity index (χ3n) is 3.91. The number of phosphoric ester groups is 4. The first kappa shape index (κ1) is 73.4. The maximum Gasteiger partial charge on any atom is 4.00 e. The quantitative estimate of drug-likeness (QED) is 0.0705. The minimum atomic E-state index is -5.57. The van der Waals surface area contributed by atoms with Crippen molar-refractivity contribution in [3.63, 3.8) is 0 Å². The second kappa shape index (κ2) is 32.6. The van der Waals surface area contributed by atoms with Crippen molar-refractivity contribution >= 4 is 62.6 Å². The molecule has 0 aliphatic heterocycles. The average molecular weight is 1010 g/mol. The third kappa shape index (κ3) is 67.3. The molecule has 336 valence electrons. The summed E-state index contributed by atoms with van der Waals surface area (Å²) in [5.74, 6) is 0. The topological polar surface area (TPSA) is 487 Å². The van der Waals surface area contributed by atoms with E-state index in [1.807, 2.05) is 0 Å². The van der Waals surface area contributed by atoms with Crippen LogP contribution < -0.4 is 58.7 Å². The summed E-state index contributed by atoms with van der Waals surface area (Å²) in [6.45, 7) is 19.1. The van der Waals surface area contributed by atoms with Gasteiger partial charge in [-0.05, 0) is 53.4 Å². The van der Waals surface area contributed by atoms with E-state index in [0.717, 1.165) is 0 Å². The van der Waals surface area contributed by atoms with Gasteiger partial charge in [0, 0.05) is 0 Å². The molecule has 0 amide bonds. The molecule has 0 heterocycles. The predicted octanol–water partition coefficient (Wildman–Crippen LogP) is -2.62. The Balaban J connectivity index is -0.000000120. The van der Waals surface area contributed by atoms with E-state index in [1.165, 1.54) is 0 Å². The van der Waals surface area contributed by atoms with Gasteiger partial charge in [-0.3, -0.25) is 35.5 Å². The van der Waals surface area contributed by atoms with Crippen LogP contribution in [0.4, 0.5) is 0 Å². The predicted molar refractivity (Wildman–Crippen MR) is 176 cm³/mol. The van der Waals surface area contributed by atoms with E-state index >= 15 is 0 Å². The normalized spacial score (nSPS) is 15.5. The van der Waals surface area contributed by atoms with Crippen molar-refractivity contribution < 1.29 is 131 Å². The average Bonchev–Trinajstić information content (AvgIpc) is 2.82. The van der Waals surface area contributed by atoms with Gasteiger partial charge in [0.15, 0.2) is 0 Å². The van der Waals surface area contributed by atoms with Crippen LogP contribution in [0.15, 0.2) is 48.6 Å². The van der Waals surface area contributed by atoms with Crippen molar-refractivity contribution in [2.45, 2.75) is 53.4 Å². The summed E-state index contributed by atoms with van der Waals surface area (Å²) in [6, 6.07) is 0. The molecule has 0 N–H and O–H groups in total. The van der Waals surface area contributed by atoms with Gasteiger partial charge in [0.25, 0.3) is 31.3 Å². The molecule has 0 fully saturated rings. The zero-order chi connectivity index (χ0) is 45.6. The van der Waals surface area contributed by atoms with Crippen molar-refractivity contribution in [2.24, 2.45) is 0 Å². The van der Waals surface area contributed by atoms with Crippen LogP contribution in [0.25, 0.3) is 0 Å². The van der Waals surface area contributed by atoms with Crippen LogP contribution in [0.3, 0.4) is 0 Å². The van der Waals surface area contributed by atoms with Gasteiger partial charge in [0.05, 0.1) is 57.7 Å². The van der Waals surface area contributed by atoms with Gasteiger partial charge in [0.1, 0.15) is 0 Å². The van der Waals surface area contributed by atoms with Crippen LogP contribution in [0.1, 0.15) is 53.4 Å². The second-order valence-electron chi connectivity index (χ2n) is 10.1. The van der Waals surface area contributed by atoms with Crippen LogP contribution >= 0.6 is 62.6 Å². The Bertz CT molecular complexity index is 1410. The summed E-state index contributed by atoms with van der Waals surface area (Å²) >= 11 is 0. The Kier molecular flexibility index (Phi) is 40.6. The molecular weight excluding hydrogens is 972 g/mol. The van der Waals surface area contributed by atoms with Crippen LogP contribution in [-0.4, -0.2) is 26.4 Å². The van der Waals surface area contributed by atoms with Crippen LogP contribution in [0.2, 0.25) is 0 Å². The summed E-state index contributed by atoms with van der Waals surface area (Å²) in [4.78, 5) is 122. The fraction of sp³-hybridized carbons (Fsp3) is 0.522. The van der Waals surface area contributed by atoms with Gasteiger partial charge < -0.3 is 95.1 Å². The number of hydrogen-bond donors (Lipinski definition) is 0. The van der Waals surface area contributed by atoms with E-state index in [0.29, 0.717) is 22.3 Å². The standard InChI is InChI=1S/4C5H12O7P2.3C/c4*1-5(2)3-4-11-14(9,10)12-13(6,7)8;;;/h4*1,3-4H2,2H3,(H,9,10)(H2,6,7,8);;;/q;;;;3*+4/p-12. The zero-order valence-corrected chi connectivity index (χ0v) is 38.1. The molecule has 4 atom stereocenters. The van der Waals surface area contributed by atoms with E-state index in [4.69, 9.17) is 0 Å². The molecule has 0 aliphatic rings. The Morgan fingerprint density at radius 2 is 0.458 bits per heavy atom. The molecule has 0 aliphatic carbocycles. The van der Waals surface area contributed by atoms with E-state index in [-0.39, 0.29) is 74.4 Å². The Morgan fingerprint density at radius 1 is 0.339 bits per heavy atom. The first-order valence-electron chi connectivity index (χ1n) is 13.8. The maximum atomic E-state index is 10.6. The van der Waals surface area contributed by atoms with E-state index in [9.17, 15) is 95.2 Å². The summed E-state index contributed by atoms with van der Waals surface area (Å²) in [7, 11) is -42.5. The Labute approximate surface area is 343 Å². The van der Waals surface area contributed by atoms with Crippen molar-refractivity contribution in [2.75, 3.05) is 26.4 Å². The smallest absolute Gasteiger partial charge is 0.790 e. The Hall–Kier alpha value is -0.000000000000000208. The summed E-state index contributed by atoms with van der Waals surface area (Å²) < 4.78 is 111.